The molecule has 1 aliphatic rings. The minimum absolute atomic E-state index is 0.0417. The molecule has 0 aliphatic carbocycles. The zero-order valence-electron chi connectivity index (χ0n) is 20.5. The first kappa shape index (κ1) is 25.8. The standard InChI is InChI=1S/C26H42N6/c1-7-9-20-11-12-22(26(4)13-14-30-15-16-32-26)17-21(20)18-31-25(23(27)10-8-2)24(29-6)19(3)28-5/h11-12,17,30-32H,3,5,7-10,13-16,18,27H2,1-2,4,6H3. The van der Waals surface area contributed by atoms with E-state index in [-0.39, 0.29) is 5.54 Å². The normalized spacial score (nSPS) is 20.3. The molecule has 1 atom stereocenters. The number of hydrogen-bond acceptors (Lipinski definition) is 6. The largest absolute Gasteiger partial charge is 0.400 e. The SMILES string of the molecule is C=NC(=C)C(=NC)C(NCc1cc(C2(C)CCNCCN2)ccc1CCC)=C(N)CCC. The lowest BCUT2D eigenvalue weighted by Gasteiger charge is -2.31. The molecule has 0 aromatic heterocycles. The molecular weight excluding hydrogens is 396 g/mol. The monoisotopic (exact) mass is 438 g/mol. The van der Waals surface area contributed by atoms with Gasteiger partial charge in [-0.3, -0.25) is 9.98 Å². The summed E-state index contributed by atoms with van der Waals surface area (Å²) < 4.78 is 0. The van der Waals surface area contributed by atoms with Crippen molar-refractivity contribution in [2.24, 2.45) is 15.7 Å². The maximum Gasteiger partial charge on any atom is 0.107 e. The predicted molar refractivity (Wildman–Crippen MR) is 138 cm³/mol. The molecule has 5 N–H and O–H groups in total. The van der Waals surface area contributed by atoms with E-state index in [1.54, 1.807) is 7.05 Å². The highest BCUT2D eigenvalue weighted by Gasteiger charge is 2.27. The highest BCUT2D eigenvalue weighted by atomic mass is 15.0. The molecule has 2 rings (SSSR count). The Morgan fingerprint density at radius 1 is 1.19 bits per heavy atom. The Balaban J connectivity index is 2.40. The van der Waals surface area contributed by atoms with E-state index >= 15 is 0 Å². The Morgan fingerprint density at radius 3 is 2.62 bits per heavy atom. The first-order chi connectivity index (χ1) is 15.4. The first-order valence-electron chi connectivity index (χ1n) is 11.8. The number of rotatable bonds is 11. The molecule has 0 radical (unpaired) electrons. The van der Waals surface area contributed by atoms with Crippen LogP contribution in [0.5, 0.6) is 0 Å². The van der Waals surface area contributed by atoms with Gasteiger partial charge in [0, 0.05) is 37.9 Å². The molecule has 6 heteroatoms. The van der Waals surface area contributed by atoms with Gasteiger partial charge in [0.15, 0.2) is 0 Å². The quantitative estimate of drug-likeness (QED) is 0.396. The summed E-state index contributed by atoms with van der Waals surface area (Å²) >= 11 is 0. The van der Waals surface area contributed by atoms with E-state index in [0.29, 0.717) is 18.0 Å². The molecule has 176 valence electrons. The summed E-state index contributed by atoms with van der Waals surface area (Å²) in [5.41, 5.74) is 13.2. The molecule has 32 heavy (non-hydrogen) atoms. The number of aryl methyl sites for hydroxylation is 1. The Hall–Kier alpha value is -2.44. The van der Waals surface area contributed by atoms with Crippen LogP contribution in [0.1, 0.15) is 63.1 Å². The lowest BCUT2D eigenvalue weighted by molar-refractivity contribution is 0.369. The van der Waals surface area contributed by atoms with E-state index in [4.69, 9.17) is 5.73 Å². The van der Waals surface area contributed by atoms with Crippen molar-refractivity contribution in [2.75, 3.05) is 26.7 Å². The third kappa shape index (κ3) is 6.53. The van der Waals surface area contributed by atoms with Crippen molar-refractivity contribution in [3.05, 3.63) is 58.6 Å². The van der Waals surface area contributed by atoms with Crippen LogP contribution in [0, 0.1) is 0 Å². The Morgan fingerprint density at radius 2 is 1.97 bits per heavy atom. The van der Waals surface area contributed by atoms with Crippen LogP contribution in [0.4, 0.5) is 0 Å². The molecule has 0 spiro atoms. The fourth-order valence-electron chi connectivity index (χ4n) is 4.26. The van der Waals surface area contributed by atoms with Gasteiger partial charge in [0.05, 0.1) is 11.4 Å². The summed E-state index contributed by atoms with van der Waals surface area (Å²) in [6.45, 7) is 17.9. The Kier molecular flexibility index (Phi) is 10.1. The van der Waals surface area contributed by atoms with Gasteiger partial charge in [0.2, 0.25) is 0 Å². The van der Waals surface area contributed by atoms with E-state index in [1.165, 1.54) is 16.7 Å². The minimum Gasteiger partial charge on any atom is -0.400 e. The maximum atomic E-state index is 6.46. The molecule has 0 bridgehead atoms. The molecule has 1 aromatic rings. The number of nitrogens with one attached hydrogen (secondary N) is 3. The van der Waals surface area contributed by atoms with Crippen LogP contribution in [0.2, 0.25) is 0 Å². The van der Waals surface area contributed by atoms with Crippen molar-refractivity contribution in [1.29, 1.82) is 0 Å². The van der Waals surface area contributed by atoms with Gasteiger partial charge in [-0.2, -0.15) is 0 Å². The van der Waals surface area contributed by atoms with Crippen LogP contribution in [0.25, 0.3) is 0 Å². The summed E-state index contributed by atoms with van der Waals surface area (Å²) in [6.07, 6.45) is 4.94. The molecular formula is C26H42N6. The van der Waals surface area contributed by atoms with Crippen molar-refractivity contribution < 1.29 is 0 Å². The third-order valence-corrected chi connectivity index (χ3v) is 6.20. The molecule has 1 fully saturated rings. The smallest absolute Gasteiger partial charge is 0.107 e. The van der Waals surface area contributed by atoms with Gasteiger partial charge in [0.1, 0.15) is 5.71 Å². The molecule has 1 unspecified atom stereocenters. The zero-order valence-corrected chi connectivity index (χ0v) is 20.5. The fourth-order valence-corrected chi connectivity index (χ4v) is 4.26. The zero-order chi connectivity index (χ0) is 23.6. The second-order valence-electron chi connectivity index (χ2n) is 8.67. The number of nitrogens with two attached hydrogens (primary N) is 1. The Bertz CT molecular complexity index is 844. The van der Waals surface area contributed by atoms with Gasteiger partial charge in [-0.25, -0.2) is 0 Å². The summed E-state index contributed by atoms with van der Waals surface area (Å²) in [6, 6.07) is 6.93. The molecule has 0 amide bonds. The number of nitrogens with zero attached hydrogens (tertiary/aromatic N) is 2. The van der Waals surface area contributed by atoms with Crippen LogP contribution < -0.4 is 21.7 Å². The predicted octanol–water partition coefficient (Wildman–Crippen LogP) is 3.78. The second kappa shape index (κ2) is 12.6. The van der Waals surface area contributed by atoms with Gasteiger partial charge in [0.25, 0.3) is 0 Å². The number of aliphatic imine (C=N–C) groups is 2. The average Bonchev–Trinajstić information content (AvgIpc) is 3.02. The molecule has 6 nitrogen and oxygen atoms in total. The molecule has 1 aliphatic heterocycles. The summed E-state index contributed by atoms with van der Waals surface area (Å²) in [5.74, 6) is 0. The van der Waals surface area contributed by atoms with Crippen molar-refractivity contribution in [3.8, 4) is 0 Å². The molecule has 1 aromatic carbocycles. The Labute approximate surface area is 194 Å². The third-order valence-electron chi connectivity index (χ3n) is 6.20. The first-order valence-corrected chi connectivity index (χ1v) is 11.8. The van der Waals surface area contributed by atoms with E-state index in [9.17, 15) is 0 Å². The fraction of sp³-hybridized carbons (Fsp3) is 0.538. The van der Waals surface area contributed by atoms with E-state index in [0.717, 1.165) is 63.1 Å². The van der Waals surface area contributed by atoms with Crippen molar-refractivity contribution in [1.82, 2.24) is 16.0 Å². The summed E-state index contributed by atoms with van der Waals surface area (Å²) in [5, 5.41) is 10.8. The van der Waals surface area contributed by atoms with Crippen molar-refractivity contribution in [3.63, 3.8) is 0 Å². The van der Waals surface area contributed by atoms with Gasteiger partial charge >= 0.3 is 0 Å². The van der Waals surface area contributed by atoms with Gasteiger partial charge in [-0.1, -0.05) is 51.5 Å². The minimum atomic E-state index is -0.0417. The van der Waals surface area contributed by atoms with Crippen LogP contribution >= 0.6 is 0 Å². The molecule has 1 heterocycles. The van der Waals surface area contributed by atoms with E-state index in [1.807, 2.05) is 0 Å². The summed E-state index contributed by atoms with van der Waals surface area (Å²) in [7, 11) is 1.74. The van der Waals surface area contributed by atoms with E-state index < -0.39 is 0 Å². The number of benzene rings is 1. The van der Waals surface area contributed by atoms with Crippen LogP contribution in [-0.2, 0) is 18.5 Å². The molecule has 1 saturated heterocycles. The lowest BCUT2D eigenvalue weighted by atomic mass is 9.86. The maximum absolute atomic E-state index is 6.46. The van der Waals surface area contributed by atoms with Gasteiger partial charge in [-0.05, 0) is 56.1 Å². The average molecular weight is 439 g/mol. The van der Waals surface area contributed by atoms with Crippen molar-refractivity contribution >= 4 is 12.4 Å². The van der Waals surface area contributed by atoms with E-state index in [2.05, 4.69) is 78.2 Å². The lowest BCUT2D eigenvalue weighted by Crippen LogP contribution is -2.40. The van der Waals surface area contributed by atoms with Crippen molar-refractivity contribution in [2.45, 2.75) is 65.0 Å². The van der Waals surface area contributed by atoms with Crippen LogP contribution in [-0.4, -0.2) is 39.1 Å². The molecule has 0 saturated carbocycles. The number of hydrogen-bond donors (Lipinski definition) is 4. The number of allylic oxidation sites excluding steroid dienone is 1. The topological polar surface area (TPSA) is 86.8 Å². The van der Waals surface area contributed by atoms with Gasteiger partial charge in [-0.15, -0.1) is 0 Å². The highest BCUT2D eigenvalue weighted by Crippen LogP contribution is 2.28. The van der Waals surface area contributed by atoms with Crippen LogP contribution in [0.3, 0.4) is 0 Å². The second-order valence-corrected chi connectivity index (χ2v) is 8.67. The van der Waals surface area contributed by atoms with Gasteiger partial charge < -0.3 is 21.7 Å². The van der Waals surface area contributed by atoms with Crippen LogP contribution in [0.15, 0.2) is 51.9 Å². The summed E-state index contributed by atoms with van der Waals surface area (Å²) in [4.78, 5) is 8.41. The highest BCUT2D eigenvalue weighted by molar-refractivity contribution is 6.12.